The fraction of sp³-hybridized carbons (Fsp3) is 0.176. The number of para-hydroxylation sites is 2. The molecule has 2 aromatic rings. The van der Waals surface area contributed by atoms with Gasteiger partial charge >= 0.3 is 5.97 Å². The molecule has 0 spiro atoms. The number of hydrogen-bond donors (Lipinski definition) is 1. The van der Waals surface area contributed by atoms with Crippen LogP contribution in [0, 0.1) is 0 Å². The Bertz CT molecular complexity index is 702. The molecular formula is C17H16ClNO4. The molecular weight excluding hydrogens is 318 g/mol. The van der Waals surface area contributed by atoms with Crippen LogP contribution in [0.15, 0.2) is 48.5 Å². The van der Waals surface area contributed by atoms with Crippen LogP contribution in [0.4, 0.5) is 5.69 Å². The lowest BCUT2D eigenvalue weighted by molar-refractivity contribution is -0.119. The molecule has 0 radical (unpaired) electrons. The van der Waals surface area contributed by atoms with Gasteiger partial charge in [0, 0.05) is 0 Å². The van der Waals surface area contributed by atoms with E-state index in [-0.39, 0.29) is 10.6 Å². The first-order valence-corrected chi connectivity index (χ1v) is 7.43. The number of halogens is 1. The molecule has 6 heteroatoms. The van der Waals surface area contributed by atoms with Gasteiger partial charge < -0.3 is 14.8 Å². The lowest BCUT2D eigenvalue weighted by Gasteiger charge is -2.11. The van der Waals surface area contributed by atoms with Crippen LogP contribution in [0.3, 0.4) is 0 Å². The first kappa shape index (κ1) is 16.8. The quantitative estimate of drug-likeness (QED) is 0.821. The average Bonchev–Trinajstić information content (AvgIpc) is 2.55. The van der Waals surface area contributed by atoms with Gasteiger partial charge in [-0.3, -0.25) is 4.79 Å². The van der Waals surface area contributed by atoms with Gasteiger partial charge in [-0.05, 0) is 31.2 Å². The Labute approximate surface area is 139 Å². The van der Waals surface area contributed by atoms with Crippen molar-refractivity contribution in [2.75, 3.05) is 18.5 Å². The van der Waals surface area contributed by atoms with Gasteiger partial charge in [0.05, 0.1) is 22.9 Å². The third-order valence-corrected chi connectivity index (χ3v) is 3.22. The number of esters is 1. The highest BCUT2D eigenvalue weighted by molar-refractivity contribution is 6.33. The number of benzene rings is 2. The van der Waals surface area contributed by atoms with Crippen molar-refractivity contribution < 1.29 is 19.1 Å². The van der Waals surface area contributed by atoms with E-state index in [1.807, 2.05) is 6.92 Å². The summed E-state index contributed by atoms with van der Waals surface area (Å²) in [6.07, 6.45) is 0. The van der Waals surface area contributed by atoms with Crippen molar-refractivity contribution in [1.82, 2.24) is 0 Å². The number of nitrogens with one attached hydrogen (secondary N) is 1. The molecule has 0 aliphatic rings. The van der Waals surface area contributed by atoms with E-state index in [0.29, 0.717) is 18.0 Å². The van der Waals surface area contributed by atoms with E-state index < -0.39 is 18.5 Å². The number of rotatable bonds is 6. The number of amides is 1. The predicted molar refractivity (Wildman–Crippen MR) is 88.0 cm³/mol. The normalized spacial score (nSPS) is 10.0. The Balaban J connectivity index is 1.93. The summed E-state index contributed by atoms with van der Waals surface area (Å²) in [5.74, 6) is -0.554. The molecule has 0 heterocycles. The van der Waals surface area contributed by atoms with Crippen molar-refractivity contribution in [3.8, 4) is 5.75 Å². The van der Waals surface area contributed by atoms with Gasteiger partial charge in [-0.15, -0.1) is 0 Å². The maximum atomic E-state index is 11.9. The first-order valence-electron chi connectivity index (χ1n) is 7.05. The summed E-state index contributed by atoms with van der Waals surface area (Å²) in [6.45, 7) is 1.92. The molecule has 0 saturated carbocycles. The summed E-state index contributed by atoms with van der Waals surface area (Å²) in [5, 5.41) is 2.92. The second-order valence-electron chi connectivity index (χ2n) is 4.53. The summed E-state index contributed by atoms with van der Waals surface area (Å²) in [7, 11) is 0. The molecule has 1 amide bonds. The van der Waals surface area contributed by atoms with E-state index in [0.717, 1.165) is 0 Å². The van der Waals surface area contributed by atoms with Crippen LogP contribution in [0.1, 0.15) is 17.3 Å². The monoisotopic (exact) mass is 333 g/mol. The first-order chi connectivity index (χ1) is 11.1. The summed E-state index contributed by atoms with van der Waals surface area (Å²) in [6, 6.07) is 13.5. The van der Waals surface area contributed by atoms with Gasteiger partial charge in [0.1, 0.15) is 5.75 Å². The highest BCUT2D eigenvalue weighted by atomic mass is 35.5. The zero-order valence-corrected chi connectivity index (χ0v) is 13.3. The van der Waals surface area contributed by atoms with Crippen molar-refractivity contribution >= 4 is 29.2 Å². The number of anilines is 1. The summed E-state index contributed by atoms with van der Waals surface area (Å²) < 4.78 is 10.4. The van der Waals surface area contributed by atoms with Crippen LogP contribution in [0.2, 0.25) is 5.02 Å². The molecule has 5 nitrogen and oxygen atoms in total. The van der Waals surface area contributed by atoms with E-state index in [2.05, 4.69) is 5.32 Å². The van der Waals surface area contributed by atoms with E-state index in [4.69, 9.17) is 21.1 Å². The minimum absolute atomic E-state index is 0.219. The van der Waals surface area contributed by atoms with Gasteiger partial charge in [0.15, 0.2) is 6.61 Å². The number of hydrogen-bond acceptors (Lipinski definition) is 4. The van der Waals surface area contributed by atoms with Gasteiger partial charge in [0.25, 0.3) is 5.91 Å². The van der Waals surface area contributed by atoms with Crippen LogP contribution in [-0.4, -0.2) is 25.1 Å². The molecule has 0 fully saturated rings. The van der Waals surface area contributed by atoms with Crippen molar-refractivity contribution in [2.45, 2.75) is 6.92 Å². The smallest absolute Gasteiger partial charge is 0.340 e. The van der Waals surface area contributed by atoms with E-state index in [1.165, 1.54) is 6.07 Å². The van der Waals surface area contributed by atoms with Crippen molar-refractivity contribution in [1.29, 1.82) is 0 Å². The van der Waals surface area contributed by atoms with Gasteiger partial charge in [-0.1, -0.05) is 35.9 Å². The molecule has 0 bridgehead atoms. The maximum absolute atomic E-state index is 11.9. The third kappa shape index (κ3) is 4.72. The molecule has 2 aromatic carbocycles. The highest BCUT2D eigenvalue weighted by Gasteiger charge is 2.14. The lowest BCUT2D eigenvalue weighted by atomic mass is 10.2. The number of carbonyl (C=O) groups excluding carboxylic acids is 2. The zero-order chi connectivity index (χ0) is 16.7. The van der Waals surface area contributed by atoms with Crippen molar-refractivity contribution in [3.05, 3.63) is 59.1 Å². The largest absolute Gasteiger partial charge is 0.492 e. The number of carbonyl (C=O) groups is 2. The Hall–Kier alpha value is -2.53. The van der Waals surface area contributed by atoms with Gasteiger partial charge in [0.2, 0.25) is 0 Å². The third-order valence-electron chi connectivity index (χ3n) is 2.89. The Morgan fingerprint density at radius 1 is 1.09 bits per heavy atom. The van der Waals surface area contributed by atoms with Crippen molar-refractivity contribution in [3.63, 3.8) is 0 Å². The van der Waals surface area contributed by atoms with Gasteiger partial charge in [-0.2, -0.15) is 0 Å². The Kier molecular flexibility index (Phi) is 6.00. The molecule has 0 aromatic heterocycles. The fourth-order valence-corrected chi connectivity index (χ4v) is 2.09. The zero-order valence-electron chi connectivity index (χ0n) is 12.5. The molecule has 0 aliphatic carbocycles. The molecule has 0 saturated heterocycles. The van der Waals surface area contributed by atoms with Gasteiger partial charge in [-0.25, -0.2) is 4.79 Å². The van der Waals surface area contributed by atoms with Crippen LogP contribution >= 0.6 is 11.6 Å². The van der Waals surface area contributed by atoms with E-state index >= 15 is 0 Å². The molecule has 0 atom stereocenters. The second-order valence-corrected chi connectivity index (χ2v) is 4.94. The minimum atomic E-state index is -0.649. The van der Waals surface area contributed by atoms with Crippen LogP contribution in [0.25, 0.3) is 0 Å². The predicted octanol–water partition coefficient (Wildman–Crippen LogP) is 3.53. The highest BCUT2D eigenvalue weighted by Crippen LogP contribution is 2.23. The molecule has 23 heavy (non-hydrogen) atoms. The SMILES string of the molecule is CCOc1ccccc1NC(=O)COC(=O)c1ccccc1Cl. The lowest BCUT2D eigenvalue weighted by Crippen LogP contribution is -2.21. The molecule has 1 N–H and O–H groups in total. The molecule has 0 aliphatic heterocycles. The van der Waals surface area contributed by atoms with Crippen molar-refractivity contribution in [2.24, 2.45) is 0 Å². The second kappa shape index (κ2) is 8.19. The summed E-state index contributed by atoms with van der Waals surface area (Å²) in [5.41, 5.74) is 0.741. The van der Waals surface area contributed by atoms with Crippen LogP contribution in [0.5, 0.6) is 5.75 Å². The standard InChI is InChI=1S/C17H16ClNO4/c1-2-22-15-10-6-5-9-14(15)19-16(20)11-23-17(21)12-7-3-4-8-13(12)18/h3-10H,2,11H2,1H3,(H,19,20). The minimum Gasteiger partial charge on any atom is -0.492 e. The maximum Gasteiger partial charge on any atom is 0.340 e. The van der Waals surface area contributed by atoms with E-state index in [1.54, 1.807) is 42.5 Å². The topological polar surface area (TPSA) is 64.6 Å². The Morgan fingerprint density at radius 3 is 2.52 bits per heavy atom. The van der Waals surface area contributed by atoms with Crippen LogP contribution < -0.4 is 10.1 Å². The van der Waals surface area contributed by atoms with E-state index in [9.17, 15) is 9.59 Å². The average molecular weight is 334 g/mol. The molecule has 2 rings (SSSR count). The Morgan fingerprint density at radius 2 is 1.78 bits per heavy atom. The fourth-order valence-electron chi connectivity index (χ4n) is 1.87. The van der Waals surface area contributed by atoms with Crippen LogP contribution in [-0.2, 0) is 9.53 Å². The summed E-state index contributed by atoms with van der Waals surface area (Å²) >= 11 is 5.90. The number of ether oxygens (including phenoxy) is 2. The summed E-state index contributed by atoms with van der Waals surface area (Å²) in [4.78, 5) is 23.8. The molecule has 120 valence electrons. The molecule has 0 unspecified atom stereocenters.